The highest BCUT2D eigenvalue weighted by Crippen LogP contribution is 2.35. The molecule has 1 atom stereocenters. The summed E-state index contributed by atoms with van der Waals surface area (Å²) in [6.07, 6.45) is 2.53. The van der Waals surface area contributed by atoms with Crippen LogP contribution in [0.1, 0.15) is 19.8 Å². The Balaban J connectivity index is 2.18. The fourth-order valence-electron chi connectivity index (χ4n) is 1.60. The topological polar surface area (TPSA) is 63.0 Å². The van der Waals surface area contributed by atoms with Gasteiger partial charge in [0.2, 0.25) is 0 Å². The van der Waals surface area contributed by atoms with E-state index in [-0.39, 0.29) is 0 Å². The molecule has 2 rings (SSSR count). The summed E-state index contributed by atoms with van der Waals surface area (Å²) >= 11 is 11.9. The van der Waals surface area contributed by atoms with Crippen molar-refractivity contribution >= 4 is 34.8 Å². The number of aromatic nitrogens is 1. The van der Waals surface area contributed by atoms with Gasteiger partial charge in [0.15, 0.2) is 5.82 Å². The molecule has 1 aliphatic rings. The Morgan fingerprint density at radius 1 is 1.38 bits per heavy atom. The van der Waals surface area contributed by atoms with E-state index < -0.39 is 0 Å². The first-order valence-corrected chi connectivity index (χ1v) is 5.96. The van der Waals surface area contributed by atoms with Gasteiger partial charge in [-0.25, -0.2) is 10.8 Å². The Labute approximate surface area is 104 Å². The Hall–Kier alpha value is -0.710. The molecule has 0 radical (unpaired) electrons. The SMILES string of the molecule is CC(Nc1nc(NN)c(Cl)cc1Cl)C1CC1. The molecule has 16 heavy (non-hydrogen) atoms. The second kappa shape index (κ2) is 4.65. The molecule has 1 fully saturated rings. The van der Waals surface area contributed by atoms with Crippen molar-refractivity contribution in [3.05, 3.63) is 16.1 Å². The third-order valence-electron chi connectivity index (χ3n) is 2.76. The summed E-state index contributed by atoms with van der Waals surface area (Å²) in [6, 6.07) is 2.00. The Kier molecular flexibility index (Phi) is 3.42. The first-order valence-electron chi connectivity index (χ1n) is 5.21. The zero-order valence-corrected chi connectivity index (χ0v) is 10.4. The second-order valence-corrected chi connectivity index (χ2v) is 4.88. The predicted octanol–water partition coefficient (Wildman–Crippen LogP) is 2.88. The largest absolute Gasteiger partial charge is 0.366 e. The number of nitrogens with two attached hydrogens (primary N) is 1. The van der Waals surface area contributed by atoms with E-state index in [1.165, 1.54) is 12.8 Å². The van der Waals surface area contributed by atoms with Crippen molar-refractivity contribution in [3.63, 3.8) is 0 Å². The van der Waals surface area contributed by atoms with Crippen molar-refractivity contribution in [2.45, 2.75) is 25.8 Å². The molecule has 0 saturated heterocycles. The summed E-state index contributed by atoms with van der Waals surface area (Å²) in [4.78, 5) is 4.23. The fraction of sp³-hybridized carbons (Fsp3) is 0.500. The number of hydrazine groups is 1. The summed E-state index contributed by atoms with van der Waals surface area (Å²) in [5.41, 5.74) is 2.44. The highest BCUT2D eigenvalue weighted by atomic mass is 35.5. The van der Waals surface area contributed by atoms with Crippen LogP contribution in [0.15, 0.2) is 6.07 Å². The minimum atomic E-state index is 0.372. The molecule has 0 aromatic carbocycles. The van der Waals surface area contributed by atoms with Crippen LogP contribution in [0.25, 0.3) is 0 Å². The lowest BCUT2D eigenvalue weighted by molar-refractivity contribution is 0.691. The number of nitrogens with zero attached hydrogens (tertiary/aromatic N) is 1. The molecule has 0 amide bonds. The standard InChI is InChI=1S/C10H14Cl2N4/c1-5(6-2-3-6)14-9-7(11)4-8(12)10(15-9)16-13/h4-6H,2-3,13H2,1H3,(H2,14,15,16). The van der Waals surface area contributed by atoms with E-state index in [1.807, 2.05) is 0 Å². The maximum Gasteiger partial charge on any atom is 0.161 e. The maximum atomic E-state index is 6.05. The van der Waals surface area contributed by atoms with Gasteiger partial charge in [-0.3, -0.25) is 0 Å². The minimum Gasteiger partial charge on any atom is -0.366 e. The van der Waals surface area contributed by atoms with Crippen molar-refractivity contribution in [2.75, 3.05) is 10.7 Å². The number of nitrogen functional groups attached to an aromatic ring is 1. The Bertz CT molecular complexity index is 393. The van der Waals surface area contributed by atoms with Gasteiger partial charge < -0.3 is 10.7 Å². The molecule has 0 spiro atoms. The van der Waals surface area contributed by atoms with E-state index in [0.717, 1.165) is 5.92 Å². The van der Waals surface area contributed by atoms with Crippen molar-refractivity contribution in [1.82, 2.24) is 4.98 Å². The molecule has 1 saturated carbocycles. The number of hydrogen-bond donors (Lipinski definition) is 3. The summed E-state index contributed by atoms with van der Waals surface area (Å²) in [5.74, 6) is 7.08. The number of pyridine rings is 1. The van der Waals surface area contributed by atoms with Crippen LogP contribution < -0.4 is 16.6 Å². The van der Waals surface area contributed by atoms with Gasteiger partial charge in [-0.2, -0.15) is 0 Å². The van der Waals surface area contributed by atoms with Crippen LogP contribution in [0, 0.1) is 5.92 Å². The molecule has 4 N–H and O–H groups in total. The number of hydrogen-bond acceptors (Lipinski definition) is 4. The van der Waals surface area contributed by atoms with E-state index >= 15 is 0 Å². The van der Waals surface area contributed by atoms with Gasteiger partial charge in [-0.15, -0.1) is 0 Å². The van der Waals surface area contributed by atoms with E-state index in [9.17, 15) is 0 Å². The first-order chi connectivity index (χ1) is 7.61. The lowest BCUT2D eigenvalue weighted by Gasteiger charge is -2.15. The predicted molar refractivity (Wildman–Crippen MR) is 67.9 cm³/mol. The molecule has 0 aliphatic heterocycles. The molecular weight excluding hydrogens is 247 g/mol. The average molecular weight is 261 g/mol. The van der Waals surface area contributed by atoms with Crippen LogP contribution in [0.5, 0.6) is 0 Å². The molecule has 1 unspecified atom stereocenters. The quantitative estimate of drug-likeness (QED) is 0.576. The van der Waals surface area contributed by atoms with Crippen molar-refractivity contribution in [3.8, 4) is 0 Å². The van der Waals surface area contributed by atoms with Crippen LogP contribution in [0.4, 0.5) is 11.6 Å². The summed E-state index contributed by atoms with van der Waals surface area (Å²) in [7, 11) is 0. The maximum absolute atomic E-state index is 6.05. The van der Waals surface area contributed by atoms with Crippen LogP contribution >= 0.6 is 23.2 Å². The first kappa shape index (κ1) is 11.8. The third-order valence-corrected chi connectivity index (χ3v) is 3.34. The molecule has 1 aromatic heterocycles. The molecule has 4 nitrogen and oxygen atoms in total. The van der Waals surface area contributed by atoms with Crippen molar-refractivity contribution in [2.24, 2.45) is 11.8 Å². The van der Waals surface area contributed by atoms with Crippen LogP contribution in [0.3, 0.4) is 0 Å². The zero-order chi connectivity index (χ0) is 11.7. The van der Waals surface area contributed by atoms with Gasteiger partial charge in [-0.05, 0) is 31.7 Å². The fourth-order valence-corrected chi connectivity index (χ4v) is 2.07. The molecule has 1 aromatic rings. The van der Waals surface area contributed by atoms with Crippen molar-refractivity contribution < 1.29 is 0 Å². The van der Waals surface area contributed by atoms with E-state index in [1.54, 1.807) is 6.07 Å². The molecule has 1 heterocycles. The Morgan fingerprint density at radius 3 is 2.56 bits per heavy atom. The monoisotopic (exact) mass is 260 g/mol. The molecule has 1 aliphatic carbocycles. The molecule has 6 heteroatoms. The second-order valence-electron chi connectivity index (χ2n) is 4.06. The number of anilines is 2. The summed E-state index contributed by atoms with van der Waals surface area (Å²) in [5, 5.41) is 4.20. The number of nitrogens with one attached hydrogen (secondary N) is 2. The van der Waals surface area contributed by atoms with E-state index in [0.29, 0.717) is 27.7 Å². The lowest BCUT2D eigenvalue weighted by Crippen LogP contribution is -2.19. The summed E-state index contributed by atoms with van der Waals surface area (Å²) in [6.45, 7) is 2.12. The number of halogens is 2. The van der Waals surface area contributed by atoms with E-state index in [2.05, 4.69) is 22.7 Å². The van der Waals surface area contributed by atoms with Gasteiger partial charge in [0.05, 0.1) is 10.0 Å². The van der Waals surface area contributed by atoms with Gasteiger partial charge >= 0.3 is 0 Å². The molecule has 88 valence electrons. The van der Waals surface area contributed by atoms with Crippen LogP contribution in [0.2, 0.25) is 10.0 Å². The third kappa shape index (κ3) is 2.51. The van der Waals surface area contributed by atoms with Gasteiger partial charge in [0, 0.05) is 6.04 Å². The molecule has 0 bridgehead atoms. The van der Waals surface area contributed by atoms with E-state index in [4.69, 9.17) is 29.0 Å². The highest BCUT2D eigenvalue weighted by molar-refractivity contribution is 6.37. The van der Waals surface area contributed by atoms with Gasteiger partial charge in [0.1, 0.15) is 5.82 Å². The molecular formula is C10H14Cl2N4. The van der Waals surface area contributed by atoms with Gasteiger partial charge in [0.25, 0.3) is 0 Å². The smallest absolute Gasteiger partial charge is 0.161 e. The lowest BCUT2D eigenvalue weighted by atomic mass is 10.2. The highest BCUT2D eigenvalue weighted by Gasteiger charge is 2.28. The average Bonchev–Trinajstić information content (AvgIpc) is 3.05. The van der Waals surface area contributed by atoms with Gasteiger partial charge in [-0.1, -0.05) is 23.2 Å². The van der Waals surface area contributed by atoms with Crippen LogP contribution in [-0.2, 0) is 0 Å². The van der Waals surface area contributed by atoms with Crippen LogP contribution in [-0.4, -0.2) is 11.0 Å². The Morgan fingerprint density at radius 2 is 2.00 bits per heavy atom. The number of rotatable bonds is 4. The summed E-state index contributed by atoms with van der Waals surface area (Å²) < 4.78 is 0. The minimum absolute atomic E-state index is 0.372. The normalized spacial score (nSPS) is 17.0. The van der Waals surface area contributed by atoms with Crippen molar-refractivity contribution in [1.29, 1.82) is 0 Å². The zero-order valence-electron chi connectivity index (χ0n) is 8.93.